The minimum atomic E-state index is -1.18. The lowest BCUT2D eigenvalue weighted by molar-refractivity contribution is 0.281. The van der Waals surface area contributed by atoms with E-state index in [4.69, 9.17) is 4.52 Å². The topological polar surface area (TPSA) is 46.3 Å². The normalized spacial score (nSPS) is 11.0. The van der Waals surface area contributed by atoms with Crippen LogP contribution in [0.4, 0.5) is 17.6 Å². The van der Waals surface area contributed by atoms with Crippen LogP contribution in [-0.4, -0.2) is 10.3 Å². The van der Waals surface area contributed by atoms with Crippen molar-refractivity contribution < 1.29 is 27.2 Å². The van der Waals surface area contributed by atoms with Crippen LogP contribution in [0.25, 0.3) is 22.6 Å². The van der Waals surface area contributed by atoms with Gasteiger partial charge in [-0.25, -0.2) is 17.6 Å². The summed E-state index contributed by atoms with van der Waals surface area (Å²) >= 11 is 0. The Kier molecular flexibility index (Phi) is 3.87. The first-order valence-corrected chi connectivity index (χ1v) is 6.52. The van der Waals surface area contributed by atoms with Crippen molar-refractivity contribution >= 4 is 0 Å². The predicted molar refractivity (Wildman–Crippen MR) is 73.1 cm³/mol. The van der Waals surface area contributed by atoms with Gasteiger partial charge in [0.25, 0.3) is 0 Å². The van der Waals surface area contributed by atoms with Crippen molar-refractivity contribution in [2.45, 2.75) is 6.61 Å². The van der Waals surface area contributed by atoms with Crippen molar-refractivity contribution in [2.75, 3.05) is 0 Å². The zero-order chi connectivity index (χ0) is 16.6. The predicted octanol–water partition coefficient (Wildman–Crippen LogP) is 4.06. The number of halogens is 4. The van der Waals surface area contributed by atoms with Gasteiger partial charge in [-0.15, -0.1) is 0 Å². The Morgan fingerprint density at radius 1 is 0.957 bits per heavy atom. The van der Waals surface area contributed by atoms with Crippen molar-refractivity contribution in [1.82, 2.24) is 5.16 Å². The van der Waals surface area contributed by atoms with Gasteiger partial charge in [0.1, 0.15) is 17.3 Å². The van der Waals surface area contributed by atoms with E-state index in [2.05, 4.69) is 5.16 Å². The number of aliphatic hydroxyl groups excluding tert-OH is 1. The molecule has 1 N–H and O–H groups in total. The summed E-state index contributed by atoms with van der Waals surface area (Å²) in [6, 6.07) is 6.08. The van der Waals surface area contributed by atoms with E-state index in [0.717, 1.165) is 24.3 Å². The second-order valence-corrected chi connectivity index (χ2v) is 4.72. The van der Waals surface area contributed by atoms with Crippen LogP contribution in [0.5, 0.6) is 0 Å². The minimum Gasteiger partial charge on any atom is -0.391 e. The van der Waals surface area contributed by atoms with Gasteiger partial charge in [-0.3, -0.25) is 0 Å². The highest BCUT2D eigenvalue weighted by atomic mass is 19.2. The molecule has 7 heteroatoms. The molecular weight excluding hydrogens is 314 g/mol. The fourth-order valence-corrected chi connectivity index (χ4v) is 2.24. The molecule has 0 saturated carbocycles. The van der Waals surface area contributed by atoms with Crippen LogP contribution in [0.3, 0.4) is 0 Å². The molecule has 0 aliphatic rings. The molecule has 118 valence electrons. The molecule has 0 amide bonds. The van der Waals surface area contributed by atoms with Gasteiger partial charge in [-0.05, 0) is 30.3 Å². The average molecular weight is 323 g/mol. The highest BCUT2D eigenvalue weighted by Crippen LogP contribution is 2.35. The Morgan fingerprint density at radius 2 is 1.74 bits per heavy atom. The third kappa shape index (κ3) is 2.59. The molecule has 3 nitrogen and oxygen atoms in total. The van der Waals surface area contributed by atoms with E-state index in [-0.39, 0.29) is 28.1 Å². The largest absolute Gasteiger partial charge is 0.391 e. The van der Waals surface area contributed by atoms with E-state index in [9.17, 15) is 22.7 Å². The first-order valence-electron chi connectivity index (χ1n) is 6.52. The van der Waals surface area contributed by atoms with Crippen LogP contribution in [0.1, 0.15) is 5.56 Å². The number of nitrogens with zero attached hydrogens (tertiary/aromatic N) is 1. The summed E-state index contributed by atoms with van der Waals surface area (Å²) in [6.07, 6.45) is 0. The summed E-state index contributed by atoms with van der Waals surface area (Å²) in [5.74, 6) is -4.05. The van der Waals surface area contributed by atoms with Gasteiger partial charge in [0, 0.05) is 5.56 Å². The van der Waals surface area contributed by atoms with Gasteiger partial charge in [0.15, 0.2) is 17.4 Å². The van der Waals surface area contributed by atoms with Gasteiger partial charge in [-0.1, -0.05) is 11.2 Å². The van der Waals surface area contributed by atoms with E-state index in [1.165, 1.54) is 12.1 Å². The summed E-state index contributed by atoms with van der Waals surface area (Å²) in [5, 5.41) is 13.1. The van der Waals surface area contributed by atoms with E-state index in [1.807, 2.05) is 0 Å². The highest BCUT2D eigenvalue weighted by molar-refractivity contribution is 5.73. The van der Waals surface area contributed by atoms with Gasteiger partial charge in [-0.2, -0.15) is 0 Å². The van der Waals surface area contributed by atoms with E-state index in [0.29, 0.717) is 0 Å². The SMILES string of the molecule is OCc1c(-c2cccc(F)c2F)noc1-c1cc(F)ccc1F. The first kappa shape index (κ1) is 15.2. The molecular formula is C16H9F4NO2. The van der Waals surface area contributed by atoms with Crippen molar-refractivity contribution in [3.05, 3.63) is 65.2 Å². The standard InChI is InChI=1S/C16H9F4NO2/c17-8-4-5-12(18)10(6-8)16-11(7-22)15(21-23-16)9-2-1-3-13(19)14(9)20/h1-6,22H,7H2. The number of benzene rings is 2. The molecule has 23 heavy (non-hydrogen) atoms. The molecule has 0 radical (unpaired) electrons. The van der Waals surface area contributed by atoms with E-state index in [1.54, 1.807) is 0 Å². The Balaban J connectivity index is 2.21. The number of aromatic nitrogens is 1. The maximum Gasteiger partial charge on any atom is 0.176 e. The van der Waals surface area contributed by atoms with Gasteiger partial charge < -0.3 is 9.63 Å². The summed E-state index contributed by atoms with van der Waals surface area (Å²) in [5.41, 5.74) is -0.771. The maximum absolute atomic E-state index is 13.9. The Morgan fingerprint density at radius 3 is 2.48 bits per heavy atom. The number of hydrogen-bond acceptors (Lipinski definition) is 3. The first-order chi connectivity index (χ1) is 11.0. The second-order valence-electron chi connectivity index (χ2n) is 4.72. The molecule has 0 unspecified atom stereocenters. The number of hydrogen-bond donors (Lipinski definition) is 1. The van der Waals surface area contributed by atoms with Crippen LogP contribution < -0.4 is 0 Å². The van der Waals surface area contributed by atoms with Gasteiger partial charge >= 0.3 is 0 Å². The number of aliphatic hydroxyl groups is 1. The quantitative estimate of drug-likeness (QED) is 0.740. The molecule has 0 fully saturated rings. The minimum absolute atomic E-state index is 0.0704. The van der Waals surface area contributed by atoms with Crippen molar-refractivity contribution in [3.8, 4) is 22.6 Å². The Bertz CT molecular complexity index is 857. The summed E-state index contributed by atoms with van der Waals surface area (Å²) in [4.78, 5) is 0. The lowest BCUT2D eigenvalue weighted by Crippen LogP contribution is -1.95. The lowest BCUT2D eigenvalue weighted by Gasteiger charge is -2.04. The molecule has 0 saturated heterocycles. The van der Waals surface area contributed by atoms with Crippen LogP contribution in [-0.2, 0) is 6.61 Å². The lowest BCUT2D eigenvalue weighted by atomic mass is 10.0. The second kappa shape index (κ2) is 5.85. The third-order valence-corrected chi connectivity index (χ3v) is 3.33. The molecule has 0 spiro atoms. The Labute approximate surface area is 127 Å². The van der Waals surface area contributed by atoms with Gasteiger partial charge in [0.2, 0.25) is 0 Å². The molecule has 3 rings (SSSR count). The van der Waals surface area contributed by atoms with Gasteiger partial charge in [0.05, 0.1) is 17.7 Å². The maximum atomic E-state index is 13.9. The van der Waals surface area contributed by atoms with E-state index >= 15 is 0 Å². The van der Waals surface area contributed by atoms with Crippen LogP contribution in [0, 0.1) is 23.3 Å². The average Bonchev–Trinajstić information content (AvgIpc) is 2.96. The highest BCUT2D eigenvalue weighted by Gasteiger charge is 2.23. The fraction of sp³-hybridized carbons (Fsp3) is 0.0625. The Hall–Kier alpha value is -2.67. The molecule has 3 aromatic rings. The van der Waals surface area contributed by atoms with E-state index < -0.39 is 29.9 Å². The van der Waals surface area contributed by atoms with Crippen molar-refractivity contribution in [2.24, 2.45) is 0 Å². The number of rotatable bonds is 3. The smallest absolute Gasteiger partial charge is 0.176 e. The summed E-state index contributed by atoms with van der Waals surface area (Å²) < 4.78 is 59.4. The summed E-state index contributed by atoms with van der Waals surface area (Å²) in [7, 11) is 0. The van der Waals surface area contributed by atoms with Crippen molar-refractivity contribution in [3.63, 3.8) is 0 Å². The zero-order valence-electron chi connectivity index (χ0n) is 11.5. The molecule has 0 aliphatic carbocycles. The van der Waals surface area contributed by atoms with Crippen LogP contribution >= 0.6 is 0 Å². The molecule has 1 heterocycles. The third-order valence-electron chi connectivity index (χ3n) is 3.33. The molecule has 0 aliphatic heterocycles. The fourth-order valence-electron chi connectivity index (χ4n) is 2.24. The van der Waals surface area contributed by atoms with Crippen LogP contribution in [0.15, 0.2) is 40.9 Å². The zero-order valence-corrected chi connectivity index (χ0v) is 11.5. The monoisotopic (exact) mass is 323 g/mol. The molecule has 0 atom stereocenters. The summed E-state index contributed by atoms with van der Waals surface area (Å²) in [6.45, 7) is -0.680. The molecule has 2 aromatic carbocycles. The van der Waals surface area contributed by atoms with Crippen LogP contribution in [0.2, 0.25) is 0 Å². The van der Waals surface area contributed by atoms with Crippen molar-refractivity contribution in [1.29, 1.82) is 0 Å². The molecule has 0 bridgehead atoms. The molecule has 1 aromatic heterocycles.